The third kappa shape index (κ3) is 2.96. The molecule has 1 heterocycles. The Morgan fingerprint density at radius 2 is 1.82 bits per heavy atom. The van der Waals surface area contributed by atoms with E-state index in [1.807, 2.05) is 0 Å². The Bertz CT molecular complexity index is 550. The summed E-state index contributed by atoms with van der Waals surface area (Å²) in [7, 11) is 0. The smallest absolute Gasteiger partial charge is 0.154 e. The summed E-state index contributed by atoms with van der Waals surface area (Å²) in [5, 5.41) is 0.977. The summed E-state index contributed by atoms with van der Waals surface area (Å²) in [4.78, 5) is 8.14. The molecule has 1 aromatic carbocycles. The molecule has 0 fully saturated rings. The van der Waals surface area contributed by atoms with Gasteiger partial charge >= 0.3 is 0 Å². The molecule has 0 bridgehead atoms. The molecule has 0 amide bonds. The second kappa shape index (κ2) is 5.17. The molecule has 0 aliphatic carbocycles. The standard InChI is InChI=1S/C12H9Cl2N3/c13-9-5-3-8(4-6-9)12(15)17-10-2-1-7-16-11(10)14/h1-7H,(H2,15,17). The van der Waals surface area contributed by atoms with Crippen LogP contribution in [0.15, 0.2) is 47.6 Å². The molecule has 2 aromatic rings. The van der Waals surface area contributed by atoms with Crippen molar-refractivity contribution in [2.75, 3.05) is 0 Å². The highest BCUT2D eigenvalue weighted by molar-refractivity contribution is 6.32. The van der Waals surface area contributed by atoms with Gasteiger partial charge in [0.25, 0.3) is 0 Å². The van der Waals surface area contributed by atoms with Crippen molar-refractivity contribution >= 4 is 34.7 Å². The first-order chi connectivity index (χ1) is 8.16. The van der Waals surface area contributed by atoms with Gasteiger partial charge in [-0.05, 0) is 36.4 Å². The molecular weight excluding hydrogens is 257 g/mol. The van der Waals surface area contributed by atoms with Crippen molar-refractivity contribution in [3.8, 4) is 0 Å². The van der Waals surface area contributed by atoms with Crippen LogP contribution in [0.4, 0.5) is 5.69 Å². The zero-order valence-electron chi connectivity index (χ0n) is 8.77. The van der Waals surface area contributed by atoms with E-state index in [1.54, 1.807) is 42.6 Å². The SMILES string of the molecule is NC(=Nc1cccnc1Cl)c1ccc(Cl)cc1. The Hall–Kier alpha value is -1.58. The van der Waals surface area contributed by atoms with Crippen LogP contribution >= 0.6 is 23.2 Å². The van der Waals surface area contributed by atoms with Gasteiger partial charge in [0.1, 0.15) is 11.5 Å². The van der Waals surface area contributed by atoms with Crippen molar-refractivity contribution in [2.45, 2.75) is 0 Å². The predicted octanol–water partition coefficient (Wildman–Crippen LogP) is 3.43. The van der Waals surface area contributed by atoms with E-state index in [2.05, 4.69) is 9.98 Å². The van der Waals surface area contributed by atoms with Gasteiger partial charge < -0.3 is 5.73 Å². The van der Waals surface area contributed by atoms with Gasteiger partial charge in [-0.25, -0.2) is 9.98 Å². The second-order valence-electron chi connectivity index (χ2n) is 3.32. The lowest BCUT2D eigenvalue weighted by Gasteiger charge is -2.02. The Morgan fingerprint density at radius 3 is 2.47 bits per heavy atom. The minimum Gasteiger partial charge on any atom is -0.383 e. The van der Waals surface area contributed by atoms with E-state index in [4.69, 9.17) is 28.9 Å². The molecule has 2 rings (SSSR count). The number of benzene rings is 1. The number of pyridine rings is 1. The number of rotatable bonds is 2. The molecule has 0 unspecified atom stereocenters. The van der Waals surface area contributed by atoms with Crippen LogP contribution in [-0.4, -0.2) is 10.8 Å². The molecule has 5 heteroatoms. The van der Waals surface area contributed by atoms with Gasteiger partial charge in [-0.2, -0.15) is 0 Å². The van der Waals surface area contributed by atoms with Crippen LogP contribution in [0.3, 0.4) is 0 Å². The summed E-state index contributed by atoms with van der Waals surface area (Å²) < 4.78 is 0. The van der Waals surface area contributed by atoms with Crippen LogP contribution in [0.5, 0.6) is 0 Å². The third-order valence-electron chi connectivity index (χ3n) is 2.12. The molecule has 0 radical (unpaired) electrons. The van der Waals surface area contributed by atoms with Crippen LogP contribution in [0, 0.1) is 0 Å². The van der Waals surface area contributed by atoms with E-state index in [1.165, 1.54) is 0 Å². The highest BCUT2D eigenvalue weighted by Gasteiger charge is 2.02. The maximum absolute atomic E-state index is 5.89. The quantitative estimate of drug-likeness (QED) is 0.514. The van der Waals surface area contributed by atoms with Gasteiger partial charge in [-0.1, -0.05) is 23.2 Å². The fraction of sp³-hybridized carbons (Fsp3) is 0. The summed E-state index contributed by atoms with van der Waals surface area (Å²) in [6.45, 7) is 0. The number of nitrogens with two attached hydrogens (primary N) is 1. The Balaban J connectivity index is 2.34. The Labute approximate surface area is 109 Å². The first-order valence-corrected chi connectivity index (χ1v) is 5.63. The van der Waals surface area contributed by atoms with Gasteiger partial charge in [-0.3, -0.25) is 0 Å². The topological polar surface area (TPSA) is 51.3 Å². The van der Waals surface area contributed by atoms with E-state index in [0.29, 0.717) is 21.7 Å². The number of hydrogen-bond acceptors (Lipinski definition) is 2. The maximum Gasteiger partial charge on any atom is 0.154 e. The molecule has 17 heavy (non-hydrogen) atoms. The average molecular weight is 266 g/mol. The number of hydrogen-bond donors (Lipinski definition) is 1. The molecule has 86 valence electrons. The molecular formula is C12H9Cl2N3. The highest BCUT2D eigenvalue weighted by Crippen LogP contribution is 2.21. The van der Waals surface area contributed by atoms with Crippen LogP contribution in [0.25, 0.3) is 0 Å². The van der Waals surface area contributed by atoms with Gasteiger partial charge in [0, 0.05) is 16.8 Å². The lowest BCUT2D eigenvalue weighted by atomic mass is 10.2. The van der Waals surface area contributed by atoms with E-state index < -0.39 is 0 Å². The summed E-state index contributed by atoms with van der Waals surface area (Å²) >= 11 is 11.7. The second-order valence-corrected chi connectivity index (χ2v) is 4.11. The molecule has 3 nitrogen and oxygen atoms in total. The molecule has 0 saturated carbocycles. The van der Waals surface area contributed by atoms with E-state index in [9.17, 15) is 0 Å². The molecule has 0 aliphatic heterocycles. The summed E-state index contributed by atoms with van der Waals surface area (Å²) in [6, 6.07) is 10.6. The first kappa shape index (κ1) is 11.9. The molecule has 0 atom stereocenters. The molecule has 0 aliphatic rings. The van der Waals surface area contributed by atoms with Crippen molar-refractivity contribution < 1.29 is 0 Å². The minimum atomic E-state index is 0.324. The zero-order valence-corrected chi connectivity index (χ0v) is 10.3. The lowest BCUT2D eigenvalue weighted by molar-refractivity contribution is 1.30. The Morgan fingerprint density at radius 1 is 1.12 bits per heavy atom. The summed E-state index contributed by atoms with van der Waals surface area (Å²) in [5.41, 5.74) is 7.20. The molecule has 0 spiro atoms. The van der Waals surface area contributed by atoms with Crippen molar-refractivity contribution in [2.24, 2.45) is 10.7 Å². The minimum absolute atomic E-state index is 0.324. The number of aliphatic imine (C=N–C) groups is 1. The molecule has 2 N–H and O–H groups in total. The number of aromatic nitrogens is 1. The van der Waals surface area contributed by atoms with Crippen LogP contribution in [0.1, 0.15) is 5.56 Å². The van der Waals surface area contributed by atoms with E-state index >= 15 is 0 Å². The Kier molecular flexibility index (Phi) is 3.61. The normalized spacial score (nSPS) is 11.5. The van der Waals surface area contributed by atoms with Gasteiger partial charge in [-0.15, -0.1) is 0 Å². The number of nitrogens with zero attached hydrogens (tertiary/aromatic N) is 2. The zero-order chi connectivity index (χ0) is 12.3. The number of amidine groups is 1. The van der Waals surface area contributed by atoms with Crippen LogP contribution in [0.2, 0.25) is 10.2 Å². The van der Waals surface area contributed by atoms with Crippen molar-refractivity contribution in [3.63, 3.8) is 0 Å². The van der Waals surface area contributed by atoms with E-state index in [0.717, 1.165) is 5.56 Å². The van der Waals surface area contributed by atoms with E-state index in [-0.39, 0.29) is 0 Å². The first-order valence-electron chi connectivity index (χ1n) is 4.87. The molecule has 0 saturated heterocycles. The van der Waals surface area contributed by atoms with Crippen LogP contribution < -0.4 is 5.73 Å². The fourth-order valence-electron chi connectivity index (χ4n) is 1.28. The van der Waals surface area contributed by atoms with Gasteiger partial charge in [0.2, 0.25) is 0 Å². The van der Waals surface area contributed by atoms with Gasteiger partial charge in [0.05, 0.1) is 0 Å². The maximum atomic E-state index is 5.89. The number of halogens is 2. The van der Waals surface area contributed by atoms with Crippen molar-refractivity contribution in [3.05, 3.63) is 58.3 Å². The summed E-state index contributed by atoms with van der Waals surface area (Å²) in [6.07, 6.45) is 1.60. The van der Waals surface area contributed by atoms with Crippen molar-refractivity contribution in [1.29, 1.82) is 0 Å². The monoisotopic (exact) mass is 265 g/mol. The highest BCUT2D eigenvalue weighted by atomic mass is 35.5. The largest absolute Gasteiger partial charge is 0.383 e. The summed E-state index contributed by atoms with van der Waals surface area (Å²) in [5.74, 6) is 0.372. The lowest BCUT2D eigenvalue weighted by Crippen LogP contribution is -2.12. The average Bonchev–Trinajstić information content (AvgIpc) is 2.33. The fourth-order valence-corrected chi connectivity index (χ4v) is 1.56. The predicted molar refractivity (Wildman–Crippen MR) is 71.1 cm³/mol. The van der Waals surface area contributed by atoms with Crippen LogP contribution in [-0.2, 0) is 0 Å². The molecule has 1 aromatic heterocycles. The van der Waals surface area contributed by atoms with Gasteiger partial charge in [0.15, 0.2) is 5.15 Å². The van der Waals surface area contributed by atoms with Crippen molar-refractivity contribution in [1.82, 2.24) is 4.98 Å². The third-order valence-corrected chi connectivity index (χ3v) is 2.66.